The van der Waals surface area contributed by atoms with Crippen molar-refractivity contribution in [3.63, 3.8) is 0 Å². The van der Waals surface area contributed by atoms with Gasteiger partial charge in [0, 0.05) is 20.2 Å². The van der Waals surface area contributed by atoms with Gasteiger partial charge in [0.15, 0.2) is 0 Å². The summed E-state index contributed by atoms with van der Waals surface area (Å²) in [5.41, 5.74) is -2.07. The van der Waals surface area contributed by atoms with Gasteiger partial charge in [0.2, 0.25) is 6.17 Å². The van der Waals surface area contributed by atoms with Crippen LogP contribution in [0.15, 0.2) is 37.9 Å². The van der Waals surface area contributed by atoms with Crippen LogP contribution in [0.1, 0.15) is 16.8 Å². The molecule has 25 heavy (non-hydrogen) atoms. The molecule has 0 aromatic heterocycles. The number of hydrogen-bond acceptors (Lipinski definition) is 1. The predicted molar refractivity (Wildman–Crippen MR) is 89.1 cm³/mol. The van der Waals surface area contributed by atoms with Gasteiger partial charge < -0.3 is 5.32 Å². The lowest BCUT2D eigenvalue weighted by molar-refractivity contribution is -0.190. The quantitative estimate of drug-likeness (QED) is 0.371. The molecule has 1 aromatic rings. The Hall–Kier alpha value is -0.850. The van der Waals surface area contributed by atoms with E-state index in [1.807, 2.05) is 0 Å². The summed E-state index contributed by atoms with van der Waals surface area (Å²) in [6, 6.07) is 6.03. The van der Waals surface area contributed by atoms with Crippen LogP contribution in [0.2, 0.25) is 0 Å². The third-order valence-electron chi connectivity index (χ3n) is 2.87. The maximum absolute atomic E-state index is 13.2. The fourth-order valence-electron chi connectivity index (χ4n) is 1.72. The van der Waals surface area contributed by atoms with Gasteiger partial charge in [0.05, 0.1) is 5.57 Å². The first-order chi connectivity index (χ1) is 11.3. The van der Waals surface area contributed by atoms with Crippen LogP contribution in [0, 0.1) is 0 Å². The van der Waals surface area contributed by atoms with Gasteiger partial charge in [0.25, 0.3) is 5.91 Å². The molecule has 1 unspecified atom stereocenters. The van der Waals surface area contributed by atoms with Crippen LogP contribution in [-0.4, -0.2) is 31.0 Å². The summed E-state index contributed by atoms with van der Waals surface area (Å²) in [6.45, 7) is -0.378. The fraction of sp³-hybridized carbons (Fsp3) is 0.357. The van der Waals surface area contributed by atoms with Crippen LogP contribution < -0.4 is 5.32 Å². The number of amides is 1. The Morgan fingerprint density at radius 2 is 1.64 bits per heavy atom. The second kappa shape index (κ2) is 8.69. The molecule has 0 bridgehead atoms. The van der Waals surface area contributed by atoms with Gasteiger partial charge in [-0.25, -0.2) is 4.39 Å². The lowest BCUT2D eigenvalue weighted by Gasteiger charge is -2.20. The first kappa shape index (κ1) is 22.2. The molecule has 140 valence electrons. The normalized spacial score (nSPS) is 14.8. The Balaban J connectivity index is 2.82. The van der Waals surface area contributed by atoms with Crippen molar-refractivity contribution >= 4 is 44.4 Å². The van der Waals surface area contributed by atoms with E-state index in [1.165, 1.54) is 12.1 Å². The SMILES string of the molecule is O=C(NCCC(I)=C(C(F)C(F)(F)F)C(F)(F)F)c1ccc(Br)cc1. The molecule has 1 amide bonds. The Bertz CT molecular complexity index is 640. The molecule has 0 spiro atoms. The molecule has 1 atom stereocenters. The Kier molecular flexibility index (Phi) is 7.71. The van der Waals surface area contributed by atoms with Crippen molar-refractivity contribution < 1.29 is 35.5 Å². The van der Waals surface area contributed by atoms with Gasteiger partial charge in [-0.2, -0.15) is 26.3 Å². The molecule has 0 radical (unpaired) electrons. The summed E-state index contributed by atoms with van der Waals surface area (Å²) in [7, 11) is 0. The number of benzene rings is 1. The lowest BCUT2D eigenvalue weighted by Crippen LogP contribution is -2.34. The molecule has 0 heterocycles. The van der Waals surface area contributed by atoms with Crippen molar-refractivity contribution in [2.45, 2.75) is 24.9 Å². The van der Waals surface area contributed by atoms with Crippen molar-refractivity contribution in [2.75, 3.05) is 6.54 Å². The van der Waals surface area contributed by atoms with Gasteiger partial charge in [-0.05, 0) is 53.3 Å². The number of hydrogen-bond donors (Lipinski definition) is 1. The second-order valence-corrected chi connectivity index (χ2v) is 6.95. The molecule has 0 fully saturated rings. The van der Waals surface area contributed by atoms with Crippen LogP contribution in [-0.2, 0) is 0 Å². The summed E-state index contributed by atoms with van der Waals surface area (Å²) in [6.07, 6.45) is -15.9. The van der Waals surface area contributed by atoms with Crippen LogP contribution in [0.5, 0.6) is 0 Å². The number of nitrogens with one attached hydrogen (secondary N) is 1. The van der Waals surface area contributed by atoms with Gasteiger partial charge in [-0.1, -0.05) is 15.9 Å². The average molecular weight is 548 g/mol. The van der Waals surface area contributed by atoms with Gasteiger partial charge in [-0.15, -0.1) is 0 Å². The first-order valence-electron chi connectivity index (χ1n) is 6.54. The van der Waals surface area contributed by atoms with Gasteiger partial charge in [-0.3, -0.25) is 4.79 Å². The maximum Gasteiger partial charge on any atom is 0.423 e. The molecular formula is C14H10BrF7INO. The number of alkyl halides is 7. The van der Waals surface area contributed by atoms with E-state index in [-0.39, 0.29) is 12.1 Å². The highest BCUT2D eigenvalue weighted by molar-refractivity contribution is 14.1. The topological polar surface area (TPSA) is 29.1 Å². The van der Waals surface area contributed by atoms with E-state index in [0.29, 0.717) is 4.47 Å². The minimum Gasteiger partial charge on any atom is -0.352 e. The third kappa shape index (κ3) is 6.76. The molecule has 1 aromatic carbocycles. The number of carbonyl (C=O) groups excluding carboxylic acids is 1. The smallest absolute Gasteiger partial charge is 0.352 e. The van der Waals surface area contributed by atoms with Crippen molar-refractivity contribution in [1.29, 1.82) is 0 Å². The van der Waals surface area contributed by atoms with Gasteiger partial charge >= 0.3 is 12.4 Å². The standard InChI is InChI=1S/C14H10BrF7INO/c15-8-3-1-7(2-4-8)12(25)24-6-5-9(23)10(13(17,18)19)11(16)14(20,21)22/h1-4,11H,5-6H2,(H,24,25). The minimum absolute atomic E-state index is 0.219. The van der Waals surface area contributed by atoms with Crippen LogP contribution >= 0.6 is 38.5 Å². The molecule has 1 rings (SSSR count). The Morgan fingerprint density at radius 3 is 2.08 bits per heavy atom. The molecule has 0 saturated heterocycles. The second-order valence-electron chi connectivity index (χ2n) is 4.73. The summed E-state index contributed by atoms with van der Waals surface area (Å²) in [5.74, 6) is -0.613. The van der Waals surface area contributed by atoms with E-state index in [4.69, 9.17) is 0 Å². The van der Waals surface area contributed by atoms with Crippen molar-refractivity contribution in [1.82, 2.24) is 5.32 Å². The highest BCUT2D eigenvalue weighted by Gasteiger charge is 2.52. The monoisotopic (exact) mass is 547 g/mol. The highest BCUT2D eigenvalue weighted by Crippen LogP contribution is 2.41. The summed E-state index contributed by atoms with van der Waals surface area (Å²) >= 11 is 4.17. The Labute approximate surface area is 160 Å². The lowest BCUT2D eigenvalue weighted by atomic mass is 10.1. The zero-order valence-corrected chi connectivity index (χ0v) is 15.9. The Morgan fingerprint density at radius 1 is 1.12 bits per heavy atom. The minimum atomic E-state index is -5.66. The van der Waals surface area contributed by atoms with Crippen molar-refractivity contribution in [2.24, 2.45) is 0 Å². The van der Waals surface area contributed by atoms with Crippen molar-refractivity contribution in [3.05, 3.63) is 43.5 Å². The molecule has 11 heteroatoms. The fourth-order valence-corrected chi connectivity index (χ4v) is 2.84. The maximum atomic E-state index is 13.2. The zero-order valence-electron chi connectivity index (χ0n) is 12.1. The zero-order chi connectivity index (χ0) is 19.4. The van der Waals surface area contributed by atoms with E-state index in [2.05, 4.69) is 21.2 Å². The van der Waals surface area contributed by atoms with E-state index in [1.54, 1.807) is 12.1 Å². The van der Waals surface area contributed by atoms with Crippen molar-refractivity contribution in [3.8, 4) is 0 Å². The number of halogens is 9. The van der Waals surface area contributed by atoms with E-state index in [0.717, 1.165) is 22.6 Å². The van der Waals surface area contributed by atoms with E-state index in [9.17, 15) is 35.5 Å². The number of carbonyl (C=O) groups is 1. The molecule has 0 saturated carbocycles. The van der Waals surface area contributed by atoms with E-state index < -0.39 is 40.0 Å². The molecule has 0 aliphatic heterocycles. The van der Waals surface area contributed by atoms with E-state index >= 15 is 0 Å². The largest absolute Gasteiger partial charge is 0.423 e. The summed E-state index contributed by atoms with van der Waals surface area (Å²) in [5, 5.41) is 2.27. The highest BCUT2D eigenvalue weighted by atomic mass is 127. The number of allylic oxidation sites excluding steroid dienone is 1. The molecule has 0 aliphatic carbocycles. The van der Waals surface area contributed by atoms with Gasteiger partial charge in [0.1, 0.15) is 0 Å². The molecular weight excluding hydrogens is 538 g/mol. The van der Waals surface area contributed by atoms with Crippen LogP contribution in [0.25, 0.3) is 0 Å². The molecule has 2 nitrogen and oxygen atoms in total. The summed E-state index contributed by atoms with van der Waals surface area (Å²) in [4.78, 5) is 11.8. The predicted octanol–water partition coefficient (Wildman–Crippen LogP) is 5.72. The van der Waals surface area contributed by atoms with Crippen LogP contribution in [0.4, 0.5) is 30.7 Å². The number of rotatable bonds is 5. The first-order valence-corrected chi connectivity index (χ1v) is 8.41. The average Bonchev–Trinajstić information content (AvgIpc) is 2.45. The molecule has 0 aliphatic rings. The molecule has 1 N–H and O–H groups in total. The summed E-state index contributed by atoms with van der Waals surface area (Å²) < 4.78 is 88.2. The third-order valence-corrected chi connectivity index (χ3v) is 4.52. The van der Waals surface area contributed by atoms with Crippen LogP contribution in [0.3, 0.4) is 0 Å².